The lowest BCUT2D eigenvalue weighted by atomic mass is 9.84. The van der Waals surface area contributed by atoms with Gasteiger partial charge in [0.15, 0.2) is 4.33 Å². The summed E-state index contributed by atoms with van der Waals surface area (Å²) in [7, 11) is 0. The van der Waals surface area contributed by atoms with Gasteiger partial charge in [0.2, 0.25) is 0 Å². The maximum Gasteiger partial charge on any atom is 0.282 e. The number of allylic oxidation sites excluding steroid dienone is 2. The molecule has 15 heteroatoms. The molecule has 2 aliphatic carbocycles. The number of carbonyl (C=O) groups excluding carboxylic acids is 3. The van der Waals surface area contributed by atoms with E-state index in [-0.39, 0.29) is 20.7 Å². The van der Waals surface area contributed by atoms with Gasteiger partial charge in [0, 0.05) is 11.1 Å². The highest BCUT2D eigenvalue weighted by Crippen LogP contribution is 2.77. The lowest BCUT2D eigenvalue weighted by molar-refractivity contribution is -0.385. The van der Waals surface area contributed by atoms with Gasteiger partial charge in [-0.15, -0.1) is 23.2 Å². The zero-order valence-electron chi connectivity index (χ0n) is 18.5. The van der Waals surface area contributed by atoms with E-state index < -0.39 is 60.8 Å². The third-order valence-electron chi connectivity index (χ3n) is 6.97. The first kappa shape index (κ1) is 27.8. The molecule has 3 aliphatic rings. The Bertz CT molecular complexity index is 1440. The quantitative estimate of drug-likeness (QED) is 0.164. The van der Waals surface area contributed by atoms with Gasteiger partial charge in [0.1, 0.15) is 15.3 Å². The first-order chi connectivity index (χ1) is 17.7. The number of amides is 3. The number of nitro groups is 1. The normalized spacial score (nSPS) is 29.2. The van der Waals surface area contributed by atoms with Crippen molar-refractivity contribution in [3.63, 3.8) is 0 Å². The molecule has 0 spiro atoms. The molecule has 38 heavy (non-hydrogen) atoms. The Morgan fingerprint density at radius 1 is 0.895 bits per heavy atom. The fourth-order valence-corrected chi connectivity index (χ4v) is 8.32. The average Bonchev–Trinajstić information content (AvgIpc) is 3.26. The molecule has 1 saturated carbocycles. The van der Waals surface area contributed by atoms with E-state index in [4.69, 9.17) is 81.2 Å². The lowest BCUT2D eigenvalue weighted by Gasteiger charge is -2.37. The van der Waals surface area contributed by atoms with E-state index in [1.165, 1.54) is 24.3 Å². The SMILES string of the molecule is O=C(c1ccccc1[N+](=O)[O-])N(Cc1ccccc1Cl)N1C(=O)[C@@H]2[C@H](C1=O)[C@@]1(Cl)C(Cl)=C(Cl)[C@@]2(Cl)C1(Cl)Cl. The van der Waals surface area contributed by atoms with Crippen LogP contribution >= 0.6 is 81.2 Å². The number of alkyl halides is 4. The molecule has 5 rings (SSSR count). The van der Waals surface area contributed by atoms with Crippen molar-refractivity contribution in [2.75, 3.05) is 0 Å². The van der Waals surface area contributed by atoms with Crippen molar-refractivity contribution >= 4 is 105 Å². The summed E-state index contributed by atoms with van der Waals surface area (Å²) in [6, 6.07) is 11.4. The standard InChI is InChI=1S/C23H12Cl7N3O5/c24-12-7-3-1-5-10(12)9-31(18(34)11-6-2-4-8-13(11)33(37)38)32-19(35)14-15(20(32)36)22(28)17(26)16(25)21(14,27)23(22,29)30/h1-8,14-15H,9H2/t14-,15+,21-,22-/m1/s1. The van der Waals surface area contributed by atoms with Crippen LogP contribution < -0.4 is 0 Å². The predicted molar refractivity (Wildman–Crippen MR) is 144 cm³/mol. The van der Waals surface area contributed by atoms with Crippen molar-refractivity contribution in [2.45, 2.75) is 20.6 Å². The van der Waals surface area contributed by atoms with Crippen molar-refractivity contribution in [2.24, 2.45) is 11.8 Å². The molecule has 2 bridgehead atoms. The van der Waals surface area contributed by atoms with Gasteiger partial charge in [-0.25, -0.2) is 5.01 Å². The third kappa shape index (κ3) is 3.35. The monoisotopic (exact) mass is 655 g/mol. The Hall–Kier alpha value is -1.78. The number of rotatable bonds is 5. The molecule has 8 nitrogen and oxygen atoms in total. The molecule has 2 aromatic carbocycles. The summed E-state index contributed by atoms with van der Waals surface area (Å²) in [4.78, 5) is 48.3. The Kier molecular flexibility index (Phi) is 6.67. The summed E-state index contributed by atoms with van der Waals surface area (Å²) in [6.07, 6.45) is 0. The smallest absolute Gasteiger partial charge is 0.272 e. The van der Waals surface area contributed by atoms with Crippen LogP contribution in [0.25, 0.3) is 0 Å². The van der Waals surface area contributed by atoms with Crippen LogP contribution in [0.1, 0.15) is 15.9 Å². The van der Waals surface area contributed by atoms with Crippen molar-refractivity contribution in [1.29, 1.82) is 0 Å². The summed E-state index contributed by atoms with van der Waals surface area (Å²) >= 11 is 45.6. The molecule has 0 aromatic heterocycles. The number of hydrogen-bond donors (Lipinski definition) is 0. The molecule has 3 amide bonds. The van der Waals surface area contributed by atoms with Crippen LogP contribution in [0.2, 0.25) is 5.02 Å². The summed E-state index contributed by atoms with van der Waals surface area (Å²) in [6.45, 7) is -0.423. The summed E-state index contributed by atoms with van der Waals surface area (Å²) in [5.74, 6) is -6.04. The molecule has 0 N–H and O–H groups in total. The maximum atomic E-state index is 13.9. The minimum Gasteiger partial charge on any atom is -0.272 e. The van der Waals surface area contributed by atoms with Gasteiger partial charge in [0.25, 0.3) is 23.4 Å². The van der Waals surface area contributed by atoms with Crippen LogP contribution in [0, 0.1) is 22.0 Å². The fourth-order valence-electron chi connectivity index (χ4n) is 5.19. The number of fused-ring (bicyclic) bond motifs is 5. The van der Waals surface area contributed by atoms with Crippen molar-refractivity contribution < 1.29 is 19.3 Å². The molecule has 2 aromatic rings. The Balaban J connectivity index is 1.66. The molecule has 0 radical (unpaired) electrons. The van der Waals surface area contributed by atoms with E-state index in [9.17, 15) is 24.5 Å². The average molecular weight is 659 g/mol. The largest absolute Gasteiger partial charge is 0.282 e. The number of imide groups is 1. The Labute approximate surface area is 250 Å². The van der Waals surface area contributed by atoms with Gasteiger partial charge >= 0.3 is 0 Å². The van der Waals surface area contributed by atoms with Gasteiger partial charge in [-0.1, -0.05) is 88.3 Å². The highest BCUT2D eigenvalue weighted by Gasteiger charge is 2.88. The highest BCUT2D eigenvalue weighted by molar-refractivity contribution is 6.66. The van der Waals surface area contributed by atoms with E-state index in [1.54, 1.807) is 18.2 Å². The molecular formula is C23H12Cl7N3O5. The number of nitrogens with zero attached hydrogens (tertiary/aromatic N) is 3. The number of hydrogen-bond acceptors (Lipinski definition) is 5. The van der Waals surface area contributed by atoms with E-state index in [0.717, 1.165) is 11.1 Å². The van der Waals surface area contributed by atoms with Crippen LogP contribution in [0.15, 0.2) is 58.6 Å². The van der Waals surface area contributed by atoms with Crippen LogP contribution in [-0.4, -0.2) is 46.7 Å². The second-order valence-corrected chi connectivity index (χ2v) is 12.5. The van der Waals surface area contributed by atoms with Crippen LogP contribution in [0.4, 0.5) is 5.69 Å². The molecule has 2 fully saturated rings. The maximum absolute atomic E-state index is 13.9. The van der Waals surface area contributed by atoms with E-state index >= 15 is 0 Å². The number of hydrazine groups is 1. The van der Waals surface area contributed by atoms with E-state index in [1.807, 2.05) is 0 Å². The van der Waals surface area contributed by atoms with Gasteiger partial charge < -0.3 is 0 Å². The van der Waals surface area contributed by atoms with Gasteiger partial charge in [-0.3, -0.25) is 24.5 Å². The molecule has 198 valence electrons. The first-order valence-electron chi connectivity index (χ1n) is 10.7. The number of para-hydroxylation sites is 1. The zero-order chi connectivity index (χ0) is 27.9. The van der Waals surface area contributed by atoms with Gasteiger partial charge in [-0.05, 0) is 17.7 Å². The zero-order valence-corrected chi connectivity index (χ0v) is 23.8. The van der Waals surface area contributed by atoms with Crippen molar-refractivity contribution in [3.05, 3.63) is 84.9 Å². The van der Waals surface area contributed by atoms with Gasteiger partial charge in [0.05, 0.1) is 33.4 Å². The number of benzene rings is 2. The van der Waals surface area contributed by atoms with Gasteiger partial charge in [-0.2, -0.15) is 5.01 Å². The minimum absolute atomic E-state index is 0.211. The summed E-state index contributed by atoms with van der Waals surface area (Å²) in [5.41, 5.74) is -0.595. The fraction of sp³-hybridized carbons (Fsp3) is 0.261. The molecule has 1 aliphatic heterocycles. The topological polar surface area (TPSA) is 101 Å². The predicted octanol–water partition coefficient (Wildman–Crippen LogP) is 6.25. The molecular weight excluding hydrogens is 646 g/mol. The highest BCUT2D eigenvalue weighted by atomic mass is 35.5. The number of carbonyl (C=O) groups is 3. The minimum atomic E-state index is -2.17. The van der Waals surface area contributed by atoms with Crippen LogP contribution in [0.3, 0.4) is 0 Å². The first-order valence-corrected chi connectivity index (χ1v) is 13.4. The third-order valence-corrected chi connectivity index (χ3v) is 11.6. The van der Waals surface area contributed by atoms with Crippen molar-refractivity contribution in [1.82, 2.24) is 10.0 Å². The lowest BCUT2D eigenvalue weighted by Crippen LogP contribution is -2.55. The Morgan fingerprint density at radius 2 is 1.39 bits per heavy atom. The van der Waals surface area contributed by atoms with E-state index in [2.05, 4.69) is 0 Å². The molecule has 1 heterocycles. The summed E-state index contributed by atoms with van der Waals surface area (Å²) < 4.78 is -2.17. The number of nitro benzene ring substituents is 1. The second-order valence-electron chi connectivity index (χ2n) is 8.80. The molecule has 4 atom stereocenters. The van der Waals surface area contributed by atoms with Crippen LogP contribution in [0.5, 0.6) is 0 Å². The van der Waals surface area contributed by atoms with Crippen molar-refractivity contribution in [3.8, 4) is 0 Å². The second kappa shape index (κ2) is 9.13. The molecule has 0 unspecified atom stereocenters. The molecule has 1 saturated heterocycles. The van der Waals surface area contributed by atoms with Crippen LogP contribution in [-0.2, 0) is 16.1 Å². The Morgan fingerprint density at radius 3 is 1.92 bits per heavy atom. The summed E-state index contributed by atoms with van der Waals surface area (Å²) in [5, 5.41) is 12.6. The van der Waals surface area contributed by atoms with E-state index in [0.29, 0.717) is 10.6 Å². The number of halogens is 7.